The Bertz CT molecular complexity index is 485. The molecule has 1 aliphatic heterocycles. The molecule has 0 radical (unpaired) electrons. The molecule has 1 fully saturated rings. The molecule has 1 saturated heterocycles. The lowest BCUT2D eigenvalue weighted by Crippen LogP contribution is -2.45. The van der Waals surface area contributed by atoms with Crippen LogP contribution in [0.25, 0.3) is 0 Å². The predicted octanol–water partition coefficient (Wildman–Crippen LogP) is 1.81. The van der Waals surface area contributed by atoms with Crippen LogP contribution in [0.5, 0.6) is 5.75 Å². The van der Waals surface area contributed by atoms with Gasteiger partial charge in [0.1, 0.15) is 11.4 Å². The Morgan fingerprint density at radius 2 is 1.86 bits per heavy atom. The molecule has 1 aromatic rings. The van der Waals surface area contributed by atoms with E-state index in [-0.39, 0.29) is 5.60 Å². The first-order valence-electron chi connectivity index (χ1n) is 7.68. The van der Waals surface area contributed by atoms with Crippen molar-refractivity contribution < 1.29 is 13.1 Å². The maximum Gasteiger partial charge on any atom is 0.188 e. The monoisotopic (exact) mass is 326 g/mol. The summed E-state index contributed by atoms with van der Waals surface area (Å²) in [5.74, 6) is 0.794. The number of hydrogen-bond donors (Lipinski definition) is 1. The number of rotatable bonds is 7. The summed E-state index contributed by atoms with van der Waals surface area (Å²) in [5, 5.41) is 3.36. The van der Waals surface area contributed by atoms with E-state index in [1.807, 2.05) is 12.1 Å². The van der Waals surface area contributed by atoms with Gasteiger partial charge in [-0.3, -0.25) is 4.18 Å². The molecule has 22 heavy (non-hydrogen) atoms. The highest BCUT2D eigenvalue weighted by molar-refractivity contribution is 7.80. The number of piperazine rings is 1. The lowest BCUT2D eigenvalue weighted by atomic mass is 10.0. The van der Waals surface area contributed by atoms with Gasteiger partial charge in [-0.1, -0.05) is 0 Å². The van der Waals surface area contributed by atoms with Crippen LogP contribution in [0.2, 0.25) is 0 Å². The third-order valence-electron chi connectivity index (χ3n) is 3.80. The number of benzene rings is 1. The van der Waals surface area contributed by atoms with E-state index < -0.39 is 11.1 Å². The SMILES string of the molecule is COS(=O)c1ccc(OC(C)(C)CCN2CCNCC2)cc1. The van der Waals surface area contributed by atoms with Crippen molar-refractivity contribution >= 4 is 11.1 Å². The summed E-state index contributed by atoms with van der Waals surface area (Å²) in [4.78, 5) is 3.11. The van der Waals surface area contributed by atoms with Crippen LogP contribution in [0.1, 0.15) is 20.3 Å². The maximum absolute atomic E-state index is 11.5. The number of hydrogen-bond acceptors (Lipinski definition) is 5. The van der Waals surface area contributed by atoms with E-state index in [2.05, 4.69) is 24.1 Å². The molecule has 1 aromatic carbocycles. The first-order valence-corrected chi connectivity index (χ1v) is 8.76. The zero-order chi connectivity index (χ0) is 16.0. The first kappa shape index (κ1) is 17.4. The average molecular weight is 326 g/mol. The minimum Gasteiger partial charge on any atom is -0.488 e. The van der Waals surface area contributed by atoms with E-state index in [4.69, 9.17) is 8.92 Å². The number of nitrogens with one attached hydrogen (secondary N) is 1. The molecular formula is C16H26N2O3S. The molecule has 0 aliphatic carbocycles. The van der Waals surface area contributed by atoms with Crippen LogP contribution in [0.3, 0.4) is 0 Å². The molecule has 1 N–H and O–H groups in total. The number of nitrogens with zero attached hydrogens (tertiary/aromatic N) is 1. The summed E-state index contributed by atoms with van der Waals surface area (Å²) in [5.41, 5.74) is -0.229. The van der Waals surface area contributed by atoms with E-state index in [9.17, 15) is 4.21 Å². The second kappa shape index (κ2) is 8.06. The zero-order valence-electron chi connectivity index (χ0n) is 13.6. The Kier molecular flexibility index (Phi) is 6.37. The summed E-state index contributed by atoms with van der Waals surface area (Å²) in [6.45, 7) is 9.60. The smallest absolute Gasteiger partial charge is 0.188 e. The van der Waals surface area contributed by atoms with Gasteiger partial charge in [-0.25, -0.2) is 4.21 Å². The normalized spacial score (nSPS) is 18.1. The molecule has 0 saturated carbocycles. The molecule has 124 valence electrons. The Balaban J connectivity index is 1.86. The van der Waals surface area contributed by atoms with Gasteiger partial charge in [0.2, 0.25) is 0 Å². The van der Waals surface area contributed by atoms with Crippen molar-refractivity contribution in [3.05, 3.63) is 24.3 Å². The fourth-order valence-corrected chi connectivity index (χ4v) is 3.00. The van der Waals surface area contributed by atoms with Crippen molar-refractivity contribution in [3.63, 3.8) is 0 Å². The largest absolute Gasteiger partial charge is 0.488 e. The van der Waals surface area contributed by atoms with Crippen molar-refractivity contribution in [2.45, 2.75) is 30.8 Å². The topological polar surface area (TPSA) is 50.8 Å². The van der Waals surface area contributed by atoms with Crippen LogP contribution in [-0.4, -0.2) is 54.5 Å². The molecule has 1 aliphatic rings. The standard InChI is InChI=1S/C16H26N2O3S/c1-16(2,8-11-18-12-9-17-10-13-18)21-14-4-6-15(7-5-14)22(19)20-3/h4-7,17H,8-13H2,1-3H3. The third kappa shape index (κ3) is 5.35. The van der Waals surface area contributed by atoms with Crippen molar-refractivity contribution in [1.82, 2.24) is 10.2 Å². The second-order valence-corrected chi connectivity index (χ2v) is 7.35. The molecule has 5 nitrogen and oxygen atoms in total. The molecule has 0 aromatic heterocycles. The van der Waals surface area contributed by atoms with E-state index in [1.54, 1.807) is 12.1 Å². The van der Waals surface area contributed by atoms with E-state index in [0.29, 0.717) is 4.90 Å². The van der Waals surface area contributed by atoms with Crippen LogP contribution in [0, 0.1) is 0 Å². The molecule has 0 bridgehead atoms. The van der Waals surface area contributed by atoms with E-state index in [1.165, 1.54) is 7.11 Å². The molecule has 2 rings (SSSR count). The van der Waals surface area contributed by atoms with Gasteiger partial charge in [-0.15, -0.1) is 0 Å². The Labute approximate surface area is 135 Å². The number of ether oxygens (including phenoxy) is 1. The lowest BCUT2D eigenvalue weighted by Gasteiger charge is -2.32. The summed E-state index contributed by atoms with van der Waals surface area (Å²) >= 11 is -1.40. The van der Waals surface area contributed by atoms with E-state index >= 15 is 0 Å². The van der Waals surface area contributed by atoms with Gasteiger partial charge in [0.05, 0.1) is 12.0 Å². The Morgan fingerprint density at radius 1 is 1.23 bits per heavy atom. The van der Waals surface area contributed by atoms with Crippen LogP contribution in [-0.2, 0) is 15.3 Å². The summed E-state index contributed by atoms with van der Waals surface area (Å²) in [6.07, 6.45) is 0.971. The highest BCUT2D eigenvalue weighted by atomic mass is 32.2. The minimum atomic E-state index is -1.40. The molecule has 0 spiro atoms. The van der Waals surface area contributed by atoms with Crippen LogP contribution < -0.4 is 10.1 Å². The molecule has 1 heterocycles. The Morgan fingerprint density at radius 3 is 2.45 bits per heavy atom. The molecule has 0 amide bonds. The van der Waals surface area contributed by atoms with Gasteiger partial charge in [-0.05, 0) is 44.5 Å². The zero-order valence-corrected chi connectivity index (χ0v) is 14.4. The van der Waals surface area contributed by atoms with Crippen molar-refractivity contribution in [2.24, 2.45) is 0 Å². The third-order valence-corrected chi connectivity index (χ3v) is 4.76. The van der Waals surface area contributed by atoms with Gasteiger partial charge < -0.3 is 15.0 Å². The summed E-state index contributed by atoms with van der Waals surface area (Å²) in [6, 6.07) is 7.25. The van der Waals surface area contributed by atoms with Gasteiger partial charge in [0.25, 0.3) is 0 Å². The second-order valence-electron chi connectivity index (χ2n) is 6.08. The fraction of sp³-hybridized carbons (Fsp3) is 0.625. The summed E-state index contributed by atoms with van der Waals surface area (Å²) < 4.78 is 22.4. The van der Waals surface area contributed by atoms with E-state index in [0.717, 1.165) is 44.9 Å². The van der Waals surface area contributed by atoms with Crippen LogP contribution in [0.15, 0.2) is 29.2 Å². The lowest BCUT2D eigenvalue weighted by molar-refractivity contribution is 0.0808. The van der Waals surface area contributed by atoms with Gasteiger partial charge in [-0.2, -0.15) is 0 Å². The predicted molar refractivity (Wildman–Crippen MR) is 88.5 cm³/mol. The molecule has 1 atom stereocenters. The Hall–Kier alpha value is -0.950. The van der Waals surface area contributed by atoms with Crippen LogP contribution in [0.4, 0.5) is 0 Å². The fourth-order valence-electron chi connectivity index (χ4n) is 2.45. The van der Waals surface area contributed by atoms with Crippen LogP contribution >= 0.6 is 0 Å². The molecular weight excluding hydrogens is 300 g/mol. The minimum absolute atomic E-state index is 0.229. The maximum atomic E-state index is 11.5. The van der Waals surface area contributed by atoms with Crippen molar-refractivity contribution in [1.29, 1.82) is 0 Å². The molecule has 6 heteroatoms. The van der Waals surface area contributed by atoms with Crippen molar-refractivity contribution in [2.75, 3.05) is 39.8 Å². The average Bonchev–Trinajstić information content (AvgIpc) is 2.54. The van der Waals surface area contributed by atoms with Gasteiger partial charge >= 0.3 is 0 Å². The highest BCUT2D eigenvalue weighted by Gasteiger charge is 2.22. The summed E-state index contributed by atoms with van der Waals surface area (Å²) in [7, 11) is 1.43. The highest BCUT2D eigenvalue weighted by Crippen LogP contribution is 2.23. The van der Waals surface area contributed by atoms with Gasteiger partial charge in [0, 0.05) is 32.7 Å². The quantitative estimate of drug-likeness (QED) is 0.828. The van der Waals surface area contributed by atoms with Gasteiger partial charge in [0.15, 0.2) is 11.1 Å². The van der Waals surface area contributed by atoms with Crippen molar-refractivity contribution in [3.8, 4) is 5.75 Å². The molecule has 1 unspecified atom stereocenters. The first-order chi connectivity index (χ1) is 10.5.